The summed E-state index contributed by atoms with van der Waals surface area (Å²) in [5.41, 5.74) is 3.76. The summed E-state index contributed by atoms with van der Waals surface area (Å²) in [5, 5.41) is 21.9. The standard InChI is InChI=1S/C18H19BrN6O3/c1-12-8-13(2)24(21-12)10-14-4-3-5-15(9-14)20-17(26)6-7-23-11-16(19)18(22-23)25(27)28/h3-5,8-9,11H,6-7,10H2,1-2H3,(H,20,26). The van der Waals surface area contributed by atoms with Crippen LogP contribution in [0.1, 0.15) is 23.4 Å². The lowest BCUT2D eigenvalue weighted by molar-refractivity contribution is -0.390. The third kappa shape index (κ3) is 4.83. The van der Waals surface area contributed by atoms with Crippen LogP contribution < -0.4 is 5.32 Å². The number of carbonyl (C=O) groups excluding carboxylic acids is 1. The third-order valence-electron chi connectivity index (χ3n) is 4.09. The van der Waals surface area contributed by atoms with E-state index < -0.39 is 4.92 Å². The molecule has 0 spiro atoms. The predicted molar refractivity (Wildman–Crippen MR) is 107 cm³/mol. The molecule has 1 N–H and O–H groups in total. The average Bonchev–Trinajstić information content (AvgIpc) is 3.15. The number of aromatic nitrogens is 4. The molecule has 0 aliphatic carbocycles. The molecule has 146 valence electrons. The first-order chi connectivity index (χ1) is 13.3. The van der Waals surface area contributed by atoms with Gasteiger partial charge in [-0.05, 0) is 58.5 Å². The van der Waals surface area contributed by atoms with E-state index in [1.165, 1.54) is 10.9 Å². The molecule has 0 radical (unpaired) electrons. The largest absolute Gasteiger partial charge is 0.404 e. The minimum absolute atomic E-state index is 0.146. The van der Waals surface area contributed by atoms with Crippen molar-refractivity contribution in [1.82, 2.24) is 19.6 Å². The number of carbonyl (C=O) groups is 1. The van der Waals surface area contributed by atoms with Gasteiger partial charge in [0.2, 0.25) is 5.91 Å². The van der Waals surface area contributed by atoms with Gasteiger partial charge >= 0.3 is 5.82 Å². The molecule has 28 heavy (non-hydrogen) atoms. The molecule has 0 saturated carbocycles. The maximum absolute atomic E-state index is 12.2. The van der Waals surface area contributed by atoms with Gasteiger partial charge in [-0.2, -0.15) is 9.78 Å². The summed E-state index contributed by atoms with van der Waals surface area (Å²) in [6.07, 6.45) is 1.63. The minimum atomic E-state index is -0.574. The summed E-state index contributed by atoms with van der Waals surface area (Å²) in [6.45, 7) is 4.81. The monoisotopic (exact) mass is 446 g/mol. The predicted octanol–water partition coefficient (Wildman–Crippen LogP) is 3.44. The van der Waals surface area contributed by atoms with E-state index in [9.17, 15) is 14.9 Å². The number of hydrogen-bond donors (Lipinski definition) is 1. The Bertz CT molecular complexity index is 1030. The summed E-state index contributed by atoms with van der Waals surface area (Å²) >= 11 is 3.09. The van der Waals surface area contributed by atoms with E-state index in [0.717, 1.165) is 17.0 Å². The number of nitro groups is 1. The molecule has 0 bridgehead atoms. The maximum Gasteiger partial charge on any atom is 0.404 e. The minimum Gasteiger partial charge on any atom is -0.358 e. The van der Waals surface area contributed by atoms with Crippen LogP contribution in [-0.4, -0.2) is 30.4 Å². The first-order valence-electron chi connectivity index (χ1n) is 8.59. The molecule has 9 nitrogen and oxygen atoms in total. The molecule has 0 saturated heterocycles. The van der Waals surface area contributed by atoms with Crippen molar-refractivity contribution in [2.24, 2.45) is 0 Å². The Morgan fingerprint density at radius 2 is 2.07 bits per heavy atom. The molecule has 10 heteroatoms. The van der Waals surface area contributed by atoms with Crippen LogP contribution in [0.25, 0.3) is 0 Å². The molecule has 1 amide bonds. The summed E-state index contributed by atoms with van der Waals surface area (Å²) in [5.74, 6) is -0.463. The third-order valence-corrected chi connectivity index (χ3v) is 4.65. The van der Waals surface area contributed by atoms with E-state index in [0.29, 0.717) is 12.2 Å². The first kappa shape index (κ1) is 19.7. The lowest BCUT2D eigenvalue weighted by Crippen LogP contribution is -2.15. The van der Waals surface area contributed by atoms with Crippen LogP contribution >= 0.6 is 15.9 Å². The fraction of sp³-hybridized carbons (Fsp3) is 0.278. The zero-order valence-corrected chi connectivity index (χ0v) is 17.0. The Morgan fingerprint density at radius 3 is 2.71 bits per heavy atom. The normalized spacial score (nSPS) is 10.8. The summed E-state index contributed by atoms with van der Waals surface area (Å²) < 4.78 is 3.58. The van der Waals surface area contributed by atoms with Gasteiger partial charge in [0, 0.05) is 17.8 Å². The van der Waals surface area contributed by atoms with Crippen molar-refractivity contribution in [3.05, 3.63) is 68.1 Å². The number of amides is 1. The van der Waals surface area contributed by atoms with Crippen LogP contribution in [0, 0.1) is 24.0 Å². The summed E-state index contributed by atoms with van der Waals surface area (Å²) in [6, 6.07) is 9.60. The van der Waals surface area contributed by atoms with Crippen molar-refractivity contribution in [3.63, 3.8) is 0 Å². The average molecular weight is 447 g/mol. The number of anilines is 1. The quantitative estimate of drug-likeness (QED) is 0.441. The van der Waals surface area contributed by atoms with Gasteiger partial charge in [-0.1, -0.05) is 12.1 Å². The number of nitrogens with one attached hydrogen (secondary N) is 1. The topological polar surface area (TPSA) is 108 Å². The molecule has 0 atom stereocenters. The van der Waals surface area contributed by atoms with Crippen molar-refractivity contribution in [2.45, 2.75) is 33.4 Å². The smallest absolute Gasteiger partial charge is 0.358 e. The van der Waals surface area contributed by atoms with Gasteiger partial charge in [-0.3, -0.25) is 9.48 Å². The molecule has 0 aliphatic heterocycles. The maximum atomic E-state index is 12.2. The molecular formula is C18H19BrN6O3. The Morgan fingerprint density at radius 1 is 1.29 bits per heavy atom. The zero-order valence-electron chi connectivity index (χ0n) is 15.4. The van der Waals surface area contributed by atoms with Gasteiger partial charge in [0.1, 0.15) is 4.47 Å². The van der Waals surface area contributed by atoms with Gasteiger partial charge in [0.05, 0.1) is 30.1 Å². The Hall–Kier alpha value is -3.01. The zero-order chi connectivity index (χ0) is 20.3. The molecule has 0 aliphatic rings. The van der Waals surface area contributed by atoms with Crippen LogP contribution in [-0.2, 0) is 17.9 Å². The highest BCUT2D eigenvalue weighted by molar-refractivity contribution is 9.10. The van der Waals surface area contributed by atoms with Crippen molar-refractivity contribution in [1.29, 1.82) is 0 Å². The molecule has 2 aromatic heterocycles. The Kier molecular flexibility index (Phi) is 5.88. The van der Waals surface area contributed by atoms with E-state index in [-0.39, 0.29) is 29.2 Å². The molecule has 1 aromatic carbocycles. The van der Waals surface area contributed by atoms with Crippen LogP contribution in [0.4, 0.5) is 11.5 Å². The summed E-state index contributed by atoms with van der Waals surface area (Å²) in [7, 11) is 0. The van der Waals surface area contributed by atoms with E-state index >= 15 is 0 Å². The van der Waals surface area contributed by atoms with Crippen molar-refractivity contribution in [3.8, 4) is 0 Å². The molecule has 0 fully saturated rings. The second-order valence-corrected chi connectivity index (χ2v) is 7.26. The molecular weight excluding hydrogens is 428 g/mol. The van der Waals surface area contributed by atoms with Crippen LogP contribution in [0.2, 0.25) is 0 Å². The van der Waals surface area contributed by atoms with Crippen molar-refractivity contribution < 1.29 is 9.72 Å². The number of rotatable bonds is 7. The Labute approximate surface area is 169 Å². The highest BCUT2D eigenvalue weighted by Gasteiger charge is 2.18. The molecule has 3 rings (SSSR count). The number of benzene rings is 1. The van der Waals surface area contributed by atoms with Gasteiger partial charge < -0.3 is 15.4 Å². The fourth-order valence-electron chi connectivity index (χ4n) is 2.82. The van der Waals surface area contributed by atoms with Gasteiger partial charge in [-0.15, -0.1) is 0 Å². The van der Waals surface area contributed by atoms with Crippen LogP contribution in [0.15, 0.2) is 41.0 Å². The van der Waals surface area contributed by atoms with Gasteiger partial charge in [-0.25, -0.2) is 0 Å². The molecule has 0 unspecified atom stereocenters. The van der Waals surface area contributed by atoms with E-state index in [4.69, 9.17) is 0 Å². The first-order valence-corrected chi connectivity index (χ1v) is 9.38. The second-order valence-electron chi connectivity index (χ2n) is 6.40. The van der Waals surface area contributed by atoms with Crippen molar-refractivity contribution in [2.75, 3.05) is 5.32 Å². The number of halogens is 1. The number of nitrogens with zero attached hydrogens (tertiary/aromatic N) is 5. The SMILES string of the molecule is Cc1cc(C)n(Cc2cccc(NC(=O)CCn3cc(Br)c([N+](=O)[O-])n3)c2)n1. The van der Waals surface area contributed by atoms with E-state index in [2.05, 4.69) is 31.4 Å². The lowest BCUT2D eigenvalue weighted by Gasteiger charge is -2.08. The van der Waals surface area contributed by atoms with Gasteiger partial charge in [0.15, 0.2) is 0 Å². The highest BCUT2D eigenvalue weighted by Crippen LogP contribution is 2.22. The highest BCUT2D eigenvalue weighted by atomic mass is 79.9. The second kappa shape index (κ2) is 8.34. The van der Waals surface area contributed by atoms with Crippen LogP contribution in [0.5, 0.6) is 0 Å². The lowest BCUT2D eigenvalue weighted by atomic mass is 10.2. The van der Waals surface area contributed by atoms with Gasteiger partial charge in [0.25, 0.3) is 0 Å². The van der Waals surface area contributed by atoms with E-state index in [1.54, 1.807) is 0 Å². The van der Waals surface area contributed by atoms with Crippen molar-refractivity contribution >= 4 is 33.3 Å². The Balaban J connectivity index is 1.59. The van der Waals surface area contributed by atoms with Crippen LogP contribution in [0.3, 0.4) is 0 Å². The number of hydrogen-bond acceptors (Lipinski definition) is 5. The molecule has 3 aromatic rings. The molecule has 2 heterocycles. The van der Waals surface area contributed by atoms with E-state index in [1.807, 2.05) is 48.9 Å². The summed E-state index contributed by atoms with van der Waals surface area (Å²) in [4.78, 5) is 22.5. The number of aryl methyl sites for hydroxylation is 3. The fourth-order valence-corrected chi connectivity index (χ4v) is 3.28.